The van der Waals surface area contributed by atoms with E-state index < -0.39 is 0 Å². The normalized spacial score (nSPS) is 14.2. The van der Waals surface area contributed by atoms with E-state index in [4.69, 9.17) is 23.2 Å². The molecule has 0 unspecified atom stereocenters. The fraction of sp³-hybridized carbons (Fsp3) is 0.190. The summed E-state index contributed by atoms with van der Waals surface area (Å²) in [6, 6.07) is 16.6. The number of aromatic nitrogens is 2. The molecule has 1 aromatic heterocycles. The zero-order valence-corrected chi connectivity index (χ0v) is 18.5. The second-order valence-corrected chi connectivity index (χ2v) is 8.45. The SMILES string of the molecule is O=C(c1cccc(Br)c1)N1CCN(c2ccc(-c3ccc(Cl)cc3Cl)nn2)CC1. The average Bonchev–Trinajstić information content (AvgIpc) is 2.74. The standard InChI is InChI=1S/C21H17BrCl2N4O/c22-15-3-1-2-14(12-15)21(29)28-10-8-27(9-11-28)20-7-6-19(25-26-20)17-5-4-16(23)13-18(17)24/h1-7,12-13H,8-11H2. The van der Waals surface area contributed by atoms with Crippen molar-refractivity contribution in [2.75, 3.05) is 31.1 Å². The highest BCUT2D eigenvalue weighted by Gasteiger charge is 2.23. The van der Waals surface area contributed by atoms with Crippen molar-refractivity contribution in [2.45, 2.75) is 0 Å². The van der Waals surface area contributed by atoms with Crippen molar-refractivity contribution in [3.05, 3.63) is 74.7 Å². The van der Waals surface area contributed by atoms with Crippen LogP contribution >= 0.6 is 39.1 Å². The van der Waals surface area contributed by atoms with Crippen LogP contribution in [-0.2, 0) is 0 Å². The van der Waals surface area contributed by atoms with E-state index in [1.54, 1.807) is 12.1 Å². The molecule has 0 aliphatic carbocycles. The maximum atomic E-state index is 12.7. The van der Waals surface area contributed by atoms with Gasteiger partial charge in [-0.15, -0.1) is 10.2 Å². The Morgan fingerprint density at radius 2 is 1.72 bits per heavy atom. The Labute approximate surface area is 187 Å². The van der Waals surface area contributed by atoms with Gasteiger partial charge in [0.15, 0.2) is 5.82 Å². The van der Waals surface area contributed by atoms with Gasteiger partial charge in [0, 0.05) is 46.8 Å². The lowest BCUT2D eigenvalue weighted by Crippen LogP contribution is -2.49. The molecule has 0 spiro atoms. The first-order valence-corrected chi connectivity index (χ1v) is 10.6. The predicted octanol–water partition coefficient (Wildman–Crippen LogP) is 5.18. The number of nitrogens with zero attached hydrogens (tertiary/aromatic N) is 4. The molecule has 3 aromatic rings. The van der Waals surface area contributed by atoms with Gasteiger partial charge in [-0.3, -0.25) is 4.79 Å². The van der Waals surface area contributed by atoms with Crippen LogP contribution in [0.4, 0.5) is 5.82 Å². The van der Waals surface area contributed by atoms with Crippen molar-refractivity contribution in [1.82, 2.24) is 15.1 Å². The van der Waals surface area contributed by atoms with Crippen molar-refractivity contribution in [3.8, 4) is 11.3 Å². The van der Waals surface area contributed by atoms with Gasteiger partial charge in [0.05, 0.1) is 10.7 Å². The topological polar surface area (TPSA) is 49.3 Å². The summed E-state index contributed by atoms with van der Waals surface area (Å²) in [4.78, 5) is 16.7. The van der Waals surface area contributed by atoms with Crippen LogP contribution in [0, 0.1) is 0 Å². The number of benzene rings is 2. The van der Waals surface area contributed by atoms with Gasteiger partial charge in [0.2, 0.25) is 0 Å². The van der Waals surface area contributed by atoms with Gasteiger partial charge < -0.3 is 9.80 Å². The quantitative estimate of drug-likeness (QED) is 0.506. The fourth-order valence-corrected chi connectivity index (χ4v) is 4.18. The zero-order chi connectivity index (χ0) is 20.4. The van der Waals surface area contributed by atoms with Crippen molar-refractivity contribution in [2.24, 2.45) is 0 Å². The second-order valence-electron chi connectivity index (χ2n) is 6.69. The fourth-order valence-electron chi connectivity index (χ4n) is 3.28. The minimum absolute atomic E-state index is 0.0461. The van der Waals surface area contributed by atoms with Crippen molar-refractivity contribution in [3.63, 3.8) is 0 Å². The number of carbonyl (C=O) groups excluding carboxylic acids is 1. The van der Waals surface area contributed by atoms with Gasteiger partial charge in [-0.1, -0.05) is 45.2 Å². The summed E-state index contributed by atoms with van der Waals surface area (Å²) >= 11 is 15.6. The van der Waals surface area contributed by atoms with Crippen LogP contribution in [0.5, 0.6) is 0 Å². The summed E-state index contributed by atoms with van der Waals surface area (Å²) in [6.45, 7) is 2.68. The Morgan fingerprint density at radius 1 is 0.931 bits per heavy atom. The molecule has 0 radical (unpaired) electrons. The minimum Gasteiger partial charge on any atom is -0.352 e. The summed E-state index contributed by atoms with van der Waals surface area (Å²) in [6.07, 6.45) is 0. The summed E-state index contributed by atoms with van der Waals surface area (Å²) in [5.41, 5.74) is 2.18. The predicted molar refractivity (Wildman–Crippen MR) is 120 cm³/mol. The lowest BCUT2D eigenvalue weighted by atomic mass is 10.1. The molecule has 5 nitrogen and oxygen atoms in total. The summed E-state index contributed by atoms with van der Waals surface area (Å²) in [5.74, 6) is 0.832. The van der Waals surface area contributed by atoms with Gasteiger partial charge in [-0.2, -0.15) is 0 Å². The van der Waals surface area contributed by atoms with Gasteiger partial charge >= 0.3 is 0 Å². The Hall–Kier alpha value is -2.15. The summed E-state index contributed by atoms with van der Waals surface area (Å²) in [7, 11) is 0. The van der Waals surface area contributed by atoms with E-state index in [1.807, 2.05) is 47.4 Å². The highest BCUT2D eigenvalue weighted by Crippen LogP contribution is 2.29. The maximum absolute atomic E-state index is 12.7. The van der Waals surface area contributed by atoms with E-state index >= 15 is 0 Å². The third-order valence-electron chi connectivity index (χ3n) is 4.82. The van der Waals surface area contributed by atoms with E-state index in [2.05, 4.69) is 31.0 Å². The zero-order valence-electron chi connectivity index (χ0n) is 15.4. The third kappa shape index (κ3) is 4.55. The van der Waals surface area contributed by atoms with Crippen LogP contribution in [0.3, 0.4) is 0 Å². The van der Waals surface area contributed by atoms with Crippen molar-refractivity contribution < 1.29 is 4.79 Å². The Balaban J connectivity index is 1.41. The van der Waals surface area contributed by atoms with Gasteiger partial charge in [-0.25, -0.2) is 0 Å². The van der Waals surface area contributed by atoms with Crippen LogP contribution in [0.1, 0.15) is 10.4 Å². The number of hydrogen-bond donors (Lipinski definition) is 0. The molecule has 0 saturated carbocycles. The number of carbonyl (C=O) groups is 1. The molecule has 4 rings (SSSR count). The number of hydrogen-bond acceptors (Lipinski definition) is 4. The Kier molecular flexibility index (Phi) is 6.04. The molecule has 0 atom stereocenters. The number of piperazine rings is 1. The summed E-state index contributed by atoms with van der Waals surface area (Å²) in [5, 5.41) is 9.80. The first kappa shape index (κ1) is 20.1. The Morgan fingerprint density at radius 3 is 2.38 bits per heavy atom. The smallest absolute Gasteiger partial charge is 0.254 e. The third-order valence-corrected chi connectivity index (χ3v) is 5.86. The minimum atomic E-state index is 0.0461. The molecule has 8 heteroatoms. The van der Waals surface area contributed by atoms with E-state index in [-0.39, 0.29) is 5.91 Å². The molecule has 1 aliphatic rings. The van der Waals surface area contributed by atoms with Crippen LogP contribution in [-0.4, -0.2) is 47.2 Å². The average molecular weight is 492 g/mol. The first-order valence-electron chi connectivity index (χ1n) is 9.10. The molecule has 2 heterocycles. The van der Waals surface area contributed by atoms with Crippen LogP contribution < -0.4 is 4.90 Å². The molecule has 0 bridgehead atoms. The van der Waals surface area contributed by atoms with Crippen molar-refractivity contribution in [1.29, 1.82) is 0 Å². The van der Waals surface area contributed by atoms with E-state index in [9.17, 15) is 4.79 Å². The first-order chi connectivity index (χ1) is 14.0. The lowest BCUT2D eigenvalue weighted by molar-refractivity contribution is 0.0746. The molecule has 1 aliphatic heterocycles. The van der Waals surface area contributed by atoms with Crippen LogP contribution in [0.25, 0.3) is 11.3 Å². The van der Waals surface area contributed by atoms with E-state index in [0.29, 0.717) is 47.5 Å². The highest BCUT2D eigenvalue weighted by molar-refractivity contribution is 9.10. The molecule has 1 saturated heterocycles. The second kappa shape index (κ2) is 8.69. The number of rotatable bonds is 3. The molecule has 0 N–H and O–H groups in total. The largest absolute Gasteiger partial charge is 0.352 e. The lowest BCUT2D eigenvalue weighted by Gasteiger charge is -2.35. The van der Waals surface area contributed by atoms with Gasteiger partial charge in [0.25, 0.3) is 5.91 Å². The van der Waals surface area contributed by atoms with Crippen molar-refractivity contribution >= 4 is 50.9 Å². The monoisotopic (exact) mass is 490 g/mol. The van der Waals surface area contributed by atoms with E-state index in [1.165, 1.54) is 0 Å². The van der Waals surface area contributed by atoms with Gasteiger partial charge in [-0.05, 0) is 48.5 Å². The maximum Gasteiger partial charge on any atom is 0.254 e. The molecule has 1 amide bonds. The number of amides is 1. The molecule has 29 heavy (non-hydrogen) atoms. The summed E-state index contributed by atoms with van der Waals surface area (Å²) < 4.78 is 0.901. The molecule has 1 fully saturated rings. The molecular formula is C21H17BrCl2N4O. The number of halogens is 3. The number of anilines is 1. The van der Waals surface area contributed by atoms with Crippen LogP contribution in [0.2, 0.25) is 10.0 Å². The van der Waals surface area contributed by atoms with E-state index in [0.717, 1.165) is 15.9 Å². The van der Waals surface area contributed by atoms with Gasteiger partial charge in [0.1, 0.15) is 0 Å². The highest BCUT2D eigenvalue weighted by atomic mass is 79.9. The van der Waals surface area contributed by atoms with Crippen LogP contribution in [0.15, 0.2) is 59.1 Å². The molecule has 2 aromatic carbocycles. The molecular weight excluding hydrogens is 475 g/mol. The molecule has 148 valence electrons. The Bertz CT molecular complexity index is 1040.